The molecule has 0 aliphatic carbocycles. The second-order valence-corrected chi connectivity index (χ2v) is 8.60. The summed E-state index contributed by atoms with van der Waals surface area (Å²) in [5.74, 6) is 1.24. The number of ether oxygens (including phenoxy) is 6. The summed E-state index contributed by atoms with van der Waals surface area (Å²) in [4.78, 5) is 6.57. The van der Waals surface area contributed by atoms with Gasteiger partial charge in [-0.15, -0.1) is 0 Å². The van der Waals surface area contributed by atoms with Gasteiger partial charge in [-0.25, -0.2) is 9.37 Å². The molecule has 2 aromatic carbocycles. The summed E-state index contributed by atoms with van der Waals surface area (Å²) in [5, 5.41) is 0. The van der Waals surface area contributed by atoms with E-state index in [9.17, 15) is 4.39 Å². The fourth-order valence-corrected chi connectivity index (χ4v) is 3.39. The Hall–Kier alpha value is -3.02. The van der Waals surface area contributed by atoms with E-state index in [2.05, 4.69) is 34.1 Å². The Bertz CT molecular complexity index is 1090. The van der Waals surface area contributed by atoms with E-state index in [1.54, 1.807) is 0 Å². The van der Waals surface area contributed by atoms with E-state index >= 15 is 0 Å². The maximum Gasteiger partial charge on any atom is 0.220 e. The molecule has 0 aliphatic heterocycles. The minimum Gasteiger partial charge on any atom is -0.491 e. The van der Waals surface area contributed by atoms with Crippen LogP contribution < -0.4 is 9.64 Å². The smallest absolute Gasteiger partial charge is 0.220 e. The van der Waals surface area contributed by atoms with Crippen molar-refractivity contribution in [3.8, 4) is 5.75 Å². The van der Waals surface area contributed by atoms with Crippen LogP contribution >= 0.6 is 0 Å². The molecule has 0 spiro atoms. The lowest BCUT2D eigenvalue weighted by atomic mass is 10.2. The fourth-order valence-electron chi connectivity index (χ4n) is 3.39. The normalized spacial score (nSPS) is 11.6. The highest BCUT2D eigenvalue weighted by Gasteiger charge is 2.05. The molecule has 10 heteroatoms. The molecule has 0 aliphatic rings. The van der Waals surface area contributed by atoms with Gasteiger partial charge < -0.3 is 37.7 Å². The first-order valence-electron chi connectivity index (χ1n) is 13.1. The molecule has 0 N–H and O–H groups in total. The predicted molar refractivity (Wildman–Crippen MR) is 149 cm³/mol. The first kappa shape index (κ1) is 30.5. The van der Waals surface area contributed by atoms with Crippen molar-refractivity contribution in [3.63, 3.8) is 0 Å². The molecule has 0 saturated carbocycles. The van der Waals surface area contributed by atoms with Crippen molar-refractivity contribution >= 4 is 28.9 Å². The van der Waals surface area contributed by atoms with Crippen LogP contribution in [0.1, 0.15) is 11.5 Å². The third-order valence-corrected chi connectivity index (χ3v) is 5.41. The topological polar surface area (TPSA) is 84.7 Å². The molecule has 0 amide bonds. The minimum absolute atomic E-state index is 0.113. The molecule has 39 heavy (non-hydrogen) atoms. The summed E-state index contributed by atoms with van der Waals surface area (Å²) < 4.78 is 50.1. The number of aromatic nitrogens is 1. The molecule has 0 fully saturated rings. The van der Waals surface area contributed by atoms with Gasteiger partial charge in [0, 0.05) is 31.9 Å². The number of hydrogen-bond donors (Lipinski definition) is 0. The molecule has 3 rings (SSSR count). The highest BCUT2D eigenvalue weighted by atomic mass is 19.1. The Morgan fingerprint density at radius 1 is 0.718 bits per heavy atom. The molecular formula is C29H39FN2O7. The predicted octanol–water partition coefficient (Wildman–Crippen LogP) is 4.50. The molecule has 0 bridgehead atoms. The summed E-state index contributed by atoms with van der Waals surface area (Å²) >= 11 is 0. The number of rotatable bonds is 21. The van der Waals surface area contributed by atoms with E-state index in [0.717, 1.165) is 16.8 Å². The van der Waals surface area contributed by atoms with Gasteiger partial charge in [-0.05, 0) is 35.9 Å². The van der Waals surface area contributed by atoms with Crippen LogP contribution in [0.4, 0.5) is 10.1 Å². The molecule has 9 nitrogen and oxygen atoms in total. The number of halogens is 1. The SMILES string of the molecule is CN(C)c1ccc(/C=C/c2nc3ccc(OCCOCCOCCOCCOCCOCCF)cc3o2)cc1. The van der Waals surface area contributed by atoms with Crippen LogP contribution in [0.15, 0.2) is 46.9 Å². The highest BCUT2D eigenvalue weighted by molar-refractivity contribution is 5.77. The van der Waals surface area contributed by atoms with Crippen molar-refractivity contribution in [1.29, 1.82) is 0 Å². The van der Waals surface area contributed by atoms with E-state index in [-0.39, 0.29) is 6.61 Å². The van der Waals surface area contributed by atoms with Crippen LogP contribution in [0.5, 0.6) is 5.75 Å². The van der Waals surface area contributed by atoms with E-state index in [1.165, 1.54) is 0 Å². The van der Waals surface area contributed by atoms with Crippen molar-refractivity contribution in [1.82, 2.24) is 4.98 Å². The largest absolute Gasteiger partial charge is 0.491 e. The van der Waals surface area contributed by atoms with E-state index in [4.69, 9.17) is 32.8 Å². The van der Waals surface area contributed by atoms with Crippen molar-refractivity contribution in [2.45, 2.75) is 0 Å². The van der Waals surface area contributed by atoms with Crippen molar-refractivity contribution < 1.29 is 37.2 Å². The summed E-state index contributed by atoms with van der Waals surface area (Å²) in [6, 6.07) is 13.8. The molecule has 0 atom stereocenters. The maximum absolute atomic E-state index is 11.8. The van der Waals surface area contributed by atoms with E-state index in [1.807, 2.05) is 44.4 Å². The number of fused-ring (bicyclic) bond motifs is 1. The van der Waals surface area contributed by atoms with Crippen molar-refractivity contribution in [2.75, 3.05) is 98.3 Å². The number of nitrogens with zero attached hydrogens (tertiary/aromatic N) is 2. The van der Waals surface area contributed by atoms with Gasteiger partial charge in [-0.1, -0.05) is 12.1 Å². The summed E-state index contributed by atoms with van der Waals surface area (Å²) in [7, 11) is 4.03. The lowest BCUT2D eigenvalue weighted by Crippen LogP contribution is -2.14. The van der Waals surface area contributed by atoms with Gasteiger partial charge in [0.1, 0.15) is 24.5 Å². The number of anilines is 1. The van der Waals surface area contributed by atoms with Crippen LogP contribution in [-0.4, -0.2) is 98.4 Å². The number of oxazole rings is 1. The Balaban J connectivity index is 1.22. The van der Waals surface area contributed by atoms with Gasteiger partial charge in [-0.3, -0.25) is 0 Å². The van der Waals surface area contributed by atoms with Crippen LogP contribution in [0.3, 0.4) is 0 Å². The summed E-state index contributed by atoms with van der Waals surface area (Å²) in [6.45, 7) is 4.18. The Labute approximate surface area is 229 Å². The Morgan fingerprint density at radius 2 is 1.28 bits per heavy atom. The van der Waals surface area contributed by atoms with Crippen LogP contribution in [-0.2, 0) is 23.7 Å². The third kappa shape index (κ3) is 12.1. The third-order valence-electron chi connectivity index (χ3n) is 5.41. The number of hydrogen-bond acceptors (Lipinski definition) is 9. The second kappa shape index (κ2) is 18.3. The molecule has 214 valence electrons. The molecule has 1 aromatic heterocycles. The van der Waals surface area contributed by atoms with Crippen LogP contribution in [0, 0.1) is 0 Å². The quantitative estimate of drug-likeness (QED) is 0.179. The fraction of sp³-hybridized carbons (Fsp3) is 0.483. The average molecular weight is 547 g/mol. The van der Waals surface area contributed by atoms with Crippen molar-refractivity contribution in [3.05, 3.63) is 53.9 Å². The zero-order chi connectivity index (χ0) is 27.5. The Kier molecular flexibility index (Phi) is 14.3. The molecule has 3 aromatic rings. The highest BCUT2D eigenvalue weighted by Crippen LogP contribution is 2.23. The van der Waals surface area contributed by atoms with E-state index in [0.29, 0.717) is 83.3 Å². The van der Waals surface area contributed by atoms with Gasteiger partial charge in [0.25, 0.3) is 0 Å². The van der Waals surface area contributed by atoms with Gasteiger partial charge >= 0.3 is 0 Å². The lowest BCUT2D eigenvalue weighted by molar-refractivity contribution is -0.0133. The standard InChI is InChI=1S/C29H39FN2O7/c1-32(2)25-6-3-24(4-7-25)5-10-29-31-27-9-8-26(23-28(27)39-29)38-22-21-37-20-19-36-18-17-35-16-15-34-14-13-33-12-11-30/h3-10,23H,11-22H2,1-2H3/b10-5+. The molecule has 0 saturated heterocycles. The molecule has 0 radical (unpaired) electrons. The van der Waals surface area contributed by atoms with Gasteiger partial charge in [0.2, 0.25) is 5.89 Å². The second-order valence-electron chi connectivity index (χ2n) is 8.60. The summed E-state index contributed by atoms with van der Waals surface area (Å²) in [5.41, 5.74) is 3.66. The number of alkyl halides is 1. The number of benzene rings is 2. The van der Waals surface area contributed by atoms with Crippen LogP contribution in [0.2, 0.25) is 0 Å². The molecule has 0 unspecified atom stereocenters. The van der Waals surface area contributed by atoms with Crippen LogP contribution in [0.25, 0.3) is 23.3 Å². The van der Waals surface area contributed by atoms with E-state index < -0.39 is 6.67 Å². The Morgan fingerprint density at radius 3 is 1.85 bits per heavy atom. The monoisotopic (exact) mass is 546 g/mol. The lowest BCUT2D eigenvalue weighted by Gasteiger charge is -2.11. The molecule has 1 heterocycles. The van der Waals surface area contributed by atoms with Gasteiger partial charge in [0.15, 0.2) is 5.58 Å². The zero-order valence-corrected chi connectivity index (χ0v) is 22.8. The van der Waals surface area contributed by atoms with Crippen molar-refractivity contribution in [2.24, 2.45) is 0 Å². The first-order chi connectivity index (χ1) is 19.2. The molecular weight excluding hydrogens is 507 g/mol. The average Bonchev–Trinajstić information content (AvgIpc) is 3.36. The van der Waals surface area contributed by atoms with Gasteiger partial charge in [-0.2, -0.15) is 0 Å². The minimum atomic E-state index is -0.475. The summed E-state index contributed by atoms with van der Waals surface area (Å²) in [6.07, 6.45) is 3.83. The zero-order valence-electron chi connectivity index (χ0n) is 22.8. The maximum atomic E-state index is 11.8. The first-order valence-corrected chi connectivity index (χ1v) is 13.1. The van der Waals surface area contributed by atoms with Gasteiger partial charge in [0.05, 0.1) is 66.1 Å².